The standard InChI is InChI=1S/C10H11ClO2/c1-2-10(13)9-4-3-8(11)5-7(9)6-12/h3-5,12H,2,6H2,1H3. The molecule has 0 radical (unpaired) electrons. The van der Waals surface area contributed by atoms with Gasteiger partial charge < -0.3 is 5.11 Å². The maximum atomic E-state index is 11.4. The largest absolute Gasteiger partial charge is 0.392 e. The molecule has 0 fully saturated rings. The molecule has 0 aliphatic rings. The van der Waals surface area contributed by atoms with Gasteiger partial charge in [0.05, 0.1) is 6.61 Å². The summed E-state index contributed by atoms with van der Waals surface area (Å²) in [5.74, 6) is 0.0284. The molecule has 0 aromatic heterocycles. The van der Waals surface area contributed by atoms with Crippen LogP contribution in [-0.2, 0) is 6.61 Å². The summed E-state index contributed by atoms with van der Waals surface area (Å²) < 4.78 is 0. The van der Waals surface area contributed by atoms with Gasteiger partial charge in [-0.25, -0.2) is 0 Å². The first-order valence-corrected chi connectivity index (χ1v) is 4.49. The highest BCUT2D eigenvalue weighted by Crippen LogP contribution is 2.17. The zero-order valence-electron chi connectivity index (χ0n) is 7.38. The lowest BCUT2D eigenvalue weighted by molar-refractivity contribution is 0.0985. The summed E-state index contributed by atoms with van der Waals surface area (Å²) >= 11 is 5.72. The van der Waals surface area contributed by atoms with Crippen LogP contribution in [0.4, 0.5) is 0 Å². The molecule has 0 aliphatic carbocycles. The molecule has 3 heteroatoms. The Morgan fingerprint density at radius 1 is 1.54 bits per heavy atom. The van der Waals surface area contributed by atoms with Crippen molar-refractivity contribution < 1.29 is 9.90 Å². The van der Waals surface area contributed by atoms with Gasteiger partial charge in [0.2, 0.25) is 0 Å². The van der Waals surface area contributed by atoms with Crippen LogP contribution in [0.25, 0.3) is 0 Å². The fraction of sp³-hybridized carbons (Fsp3) is 0.300. The number of rotatable bonds is 3. The number of Topliss-reactive ketones (excluding diaryl/α,β-unsaturated/α-hetero) is 1. The van der Waals surface area contributed by atoms with E-state index in [1.165, 1.54) is 0 Å². The molecule has 0 amide bonds. The summed E-state index contributed by atoms with van der Waals surface area (Å²) in [6.07, 6.45) is 0.439. The molecule has 1 rings (SSSR count). The van der Waals surface area contributed by atoms with Gasteiger partial charge in [-0.05, 0) is 23.8 Å². The van der Waals surface area contributed by atoms with Crippen molar-refractivity contribution in [1.29, 1.82) is 0 Å². The van der Waals surface area contributed by atoms with E-state index in [1.54, 1.807) is 25.1 Å². The van der Waals surface area contributed by atoms with E-state index in [1.807, 2.05) is 0 Å². The molecule has 1 aromatic rings. The summed E-state index contributed by atoms with van der Waals surface area (Å²) in [5.41, 5.74) is 1.16. The molecule has 13 heavy (non-hydrogen) atoms. The van der Waals surface area contributed by atoms with Crippen LogP contribution in [0, 0.1) is 0 Å². The zero-order valence-corrected chi connectivity index (χ0v) is 8.14. The van der Waals surface area contributed by atoms with Crippen LogP contribution in [0.1, 0.15) is 29.3 Å². The third-order valence-electron chi connectivity index (χ3n) is 1.86. The van der Waals surface area contributed by atoms with E-state index >= 15 is 0 Å². The fourth-order valence-corrected chi connectivity index (χ4v) is 1.35. The maximum absolute atomic E-state index is 11.4. The van der Waals surface area contributed by atoms with Crippen LogP contribution in [0.15, 0.2) is 18.2 Å². The van der Waals surface area contributed by atoms with Crippen LogP contribution in [0.3, 0.4) is 0 Å². The lowest BCUT2D eigenvalue weighted by Gasteiger charge is -2.04. The van der Waals surface area contributed by atoms with Crippen LogP contribution < -0.4 is 0 Å². The second-order valence-electron chi connectivity index (χ2n) is 2.74. The van der Waals surface area contributed by atoms with E-state index in [2.05, 4.69) is 0 Å². The minimum Gasteiger partial charge on any atom is -0.392 e. The molecular formula is C10H11ClO2. The third kappa shape index (κ3) is 2.29. The van der Waals surface area contributed by atoms with E-state index in [4.69, 9.17) is 16.7 Å². The van der Waals surface area contributed by atoms with E-state index in [0.717, 1.165) is 0 Å². The second-order valence-corrected chi connectivity index (χ2v) is 3.17. The lowest BCUT2D eigenvalue weighted by Crippen LogP contribution is -2.02. The molecule has 70 valence electrons. The van der Waals surface area contributed by atoms with Gasteiger partial charge in [-0.15, -0.1) is 0 Å². The Hall–Kier alpha value is -0.860. The normalized spacial score (nSPS) is 10.1. The number of aliphatic hydroxyl groups is 1. The van der Waals surface area contributed by atoms with E-state index in [0.29, 0.717) is 22.6 Å². The molecule has 0 spiro atoms. The topological polar surface area (TPSA) is 37.3 Å². The fourth-order valence-electron chi connectivity index (χ4n) is 1.16. The average Bonchev–Trinajstić information content (AvgIpc) is 2.16. The first-order chi connectivity index (χ1) is 6.19. The van der Waals surface area contributed by atoms with Crippen molar-refractivity contribution >= 4 is 17.4 Å². The van der Waals surface area contributed by atoms with Crippen molar-refractivity contribution in [1.82, 2.24) is 0 Å². The number of hydrogen-bond donors (Lipinski definition) is 1. The van der Waals surface area contributed by atoms with Gasteiger partial charge in [0, 0.05) is 17.0 Å². The minimum atomic E-state index is -0.151. The predicted molar refractivity (Wildman–Crippen MR) is 52.0 cm³/mol. The Kier molecular flexibility index (Phi) is 3.46. The monoisotopic (exact) mass is 198 g/mol. The molecule has 0 saturated heterocycles. The van der Waals surface area contributed by atoms with Gasteiger partial charge in [0.25, 0.3) is 0 Å². The van der Waals surface area contributed by atoms with Gasteiger partial charge in [0.15, 0.2) is 5.78 Å². The summed E-state index contributed by atoms with van der Waals surface area (Å²) in [6, 6.07) is 4.92. The van der Waals surface area contributed by atoms with Gasteiger partial charge in [-0.1, -0.05) is 18.5 Å². The number of ketones is 1. The van der Waals surface area contributed by atoms with Crippen molar-refractivity contribution in [3.8, 4) is 0 Å². The molecule has 0 heterocycles. The highest BCUT2D eigenvalue weighted by Gasteiger charge is 2.08. The quantitative estimate of drug-likeness (QED) is 0.758. The predicted octanol–water partition coefficient (Wildman–Crippen LogP) is 2.43. The number of benzene rings is 1. The average molecular weight is 199 g/mol. The second kappa shape index (κ2) is 4.40. The SMILES string of the molecule is CCC(=O)c1ccc(Cl)cc1CO. The van der Waals surface area contributed by atoms with Crippen LogP contribution in [0.5, 0.6) is 0 Å². The van der Waals surface area contributed by atoms with Gasteiger partial charge in [-0.2, -0.15) is 0 Å². The Labute approximate surface area is 82.2 Å². The molecular weight excluding hydrogens is 188 g/mol. The number of hydrogen-bond acceptors (Lipinski definition) is 2. The number of aliphatic hydroxyl groups excluding tert-OH is 1. The Bertz CT molecular complexity index is 321. The zero-order chi connectivity index (χ0) is 9.84. The van der Waals surface area contributed by atoms with Gasteiger partial charge >= 0.3 is 0 Å². The van der Waals surface area contributed by atoms with E-state index in [-0.39, 0.29) is 12.4 Å². The first kappa shape index (κ1) is 10.2. The molecule has 0 unspecified atom stereocenters. The summed E-state index contributed by atoms with van der Waals surface area (Å²) in [4.78, 5) is 11.4. The summed E-state index contributed by atoms with van der Waals surface area (Å²) in [6.45, 7) is 1.64. The van der Waals surface area contributed by atoms with Crippen molar-refractivity contribution in [2.45, 2.75) is 20.0 Å². The Balaban J connectivity index is 3.13. The molecule has 1 aromatic carbocycles. The summed E-state index contributed by atoms with van der Waals surface area (Å²) in [5, 5.41) is 9.52. The number of halogens is 1. The van der Waals surface area contributed by atoms with Gasteiger partial charge in [-0.3, -0.25) is 4.79 Å². The Morgan fingerprint density at radius 3 is 2.77 bits per heavy atom. The van der Waals surface area contributed by atoms with Crippen molar-refractivity contribution in [2.24, 2.45) is 0 Å². The van der Waals surface area contributed by atoms with E-state index in [9.17, 15) is 4.79 Å². The van der Waals surface area contributed by atoms with Gasteiger partial charge in [0.1, 0.15) is 0 Å². The van der Waals surface area contributed by atoms with E-state index < -0.39 is 0 Å². The third-order valence-corrected chi connectivity index (χ3v) is 2.09. The van der Waals surface area contributed by atoms with Crippen molar-refractivity contribution in [3.05, 3.63) is 34.3 Å². The summed E-state index contributed by atoms with van der Waals surface area (Å²) in [7, 11) is 0. The van der Waals surface area contributed by atoms with Crippen molar-refractivity contribution in [2.75, 3.05) is 0 Å². The van der Waals surface area contributed by atoms with Crippen molar-refractivity contribution in [3.63, 3.8) is 0 Å². The smallest absolute Gasteiger partial charge is 0.162 e. The number of carbonyl (C=O) groups is 1. The lowest BCUT2D eigenvalue weighted by atomic mass is 10.0. The van der Waals surface area contributed by atoms with Crippen LogP contribution >= 0.6 is 11.6 Å². The Morgan fingerprint density at radius 2 is 2.23 bits per heavy atom. The number of carbonyl (C=O) groups excluding carboxylic acids is 1. The molecule has 0 aliphatic heterocycles. The highest BCUT2D eigenvalue weighted by molar-refractivity contribution is 6.30. The van der Waals surface area contributed by atoms with Crippen LogP contribution in [0.2, 0.25) is 5.02 Å². The molecule has 0 atom stereocenters. The molecule has 2 nitrogen and oxygen atoms in total. The molecule has 0 bridgehead atoms. The highest BCUT2D eigenvalue weighted by atomic mass is 35.5. The first-order valence-electron chi connectivity index (χ1n) is 4.11. The molecule has 1 N–H and O–H groups in total. The molecule has 0 saturated carbocycles. The minimum absolute atomic E-state index is 0.0284. The maximum Gasteiger partial charge on any atom is 0.162 e. The van der Waals surface area contributed by atoms with Crippen LogP contribution in [-0.4, -0.2) is 10.9 Å².